The molecule has 0 aromatic carbocycles. The molecule has 2 fully saturated rings. The van der Waals surface area contributed by atoms with Gasteiger partial charge >= 0.3 is 0 Å². The fourth-order valence-electron chi connectivity index (χ4n) is 3.48. The molecule has 3 nitrogen and oxygen atoms in total. The molecule has 1 heterocycles. The Morgan fingerprint density at radius 2 is 1.67 bits per heavy atom. The van der Waals surface area contributed by atoms with Gasteiger partial charge in [0.05, 0.1) is 18.8 Å². The summed E-state index contributed by atoms with van der Waals surface area (Å²) >= 11 is 0. The molecule has 0 amide bonds. The zero-order valence-electron chi connectivity index (χ0n) is 14.6. The molecular formula is C18H36O3. The Labute approximate surface area is 131 Å². The predicted octanol–water partition coefficient (Wildman–Crippen LogP) is 4.67. The highest BCUT2D eigenvalue weighted by Crippen LogP contribution is 2.34. The molecule has 1 saturated heterocycles. The average Bonchev–Trinajstić information content (AvgIpc) is 2.85. The molecule has 2 rings (SSSR count). The first-order chi connectivity index (χ1) is 10.2. The summed E-state index contributed by atoms with van der Waals surface area (Å²) in [7, 11) is 0. The number of hydrogen-bond donors (Lipinski definition) is 1. The monoisotopic (exact) mass is 300 g/mol. The zero-order chi connectivity index (χ0) is 15.7. The molecule has 0 spiro atoms. The number of rotatable bonds is 5. The normalized spacial score (nSPS) is 32.1. The lowest BCUT2D eigenvalue weighted by Gasteiger charge is -2.26. The van der Waals surface area contributed by atoms with E-state index in [-0.39, 0.29) is 18.0 Å². The molecule has 3 heteroatoms. The van der Waals surface area contributed by atoms with Crippen LogP contribution in [0.4, 0.5) is 0 Å². The summed E-state index contributed by atoms with van der Waals surface area (Å²) in [5, 5.41) is 10.1. The Hall–Kier alpha value is -0.120. The molecular weight excluding hydrogens is 264 g/mol. The predicted molar refractivity (Wildman–Crippen MR) is 87.3 cm³/mol. The van der Waals surface area contributed by atoms with Crippen LogP contribution >= 0.6 is 0 Å². The summed E-state index contributed by atoms with van der Waals surface area (Å²) in [6.07, 6.45) is 10.0. The standard InChI is InChI=1S/C16H30O3.C2H6/c1-3-16(4-2)18-12-14(19-16)11-10-13-8-6-5-7-9-15(13)17;1-2/h13-15,17H,3-12H2,1-2H3;1-2H3. The van der Waals surface area contributed by atoms with Crippen molar-refractivity contribution in [2.24, 2.45) is 5.92 Å². The van der Waals surface area contributed by atoms with Gasteiger partial charge in [0.15, 0.2) is 5.79 Å². The van der Waals surface area contributed by atoms with Crippen LogP contribution in [0.25, 0.3) is 0 Å². The summed E-state index contributed by atoms with van der Waals surface area (Å²) in [4.78, 5) is 0. The summed E-state index contributed by atoms with van der Waals surface area (Å²) in [5.74, 6) is 0.150. The first-order valence-electron chi connectivity index (χ1n) is 9.19. The van der Waals surface area contributed by atoms with Crippen LogP contribution < -0.4 is 0 Å². The maximum Gasteiger partial charge on any atom is 0.168 e. The van der Waals surface area contributed by atoms with Gasteiger partial charge in [0.1, 0.15) is 0 Å². The molecule has 1 N–H and O–H groups in total. The van der Waals surface area contributed by atoms with E-state index in [0.29, 0.717) is 5.92 Å². The van der Waals surface area contributed by atoms with Crippen molar-refractivity contribution < 1.29 is 14.6 Å². The fraction of sp³-hybridized carbons (Fsp3) is 1.00. The third-order valence-electron chi connectivity index (χ3n) is 4.97. The van der Waals surface area contributed by atoms with Crippen molar-refractivity contribution in [3.05, 3.63) is 0 Å². The lowest BCUT2D eigenvalue weighted by molar-refractivity contribution is -0.172. The van der Waals surface area contributed by atoms with Gasteiger partial charge in [0.2, 0.25) is 0 Å². The number of hydrogen-bond acceptors (Lipinski definition) is 3. The third-order valence-corrected chi connectivity index (χ3v) is 4.97. The molecule has 0 aromatic heterocycles. The van der Waals surface area contributed by atoms with E-state index in [1.807, 2.05) is 13.8 Å². The van der Waals surface area contributed by atoms with Gasteiger partial charge in [-0.2, -0.15) is 0 Å². The van der Waals surface area contributed by atoms with Crippen molar-refractivity contribution in [2.45, 2.75) is 103 Å². The van der Waals surface area contributed by atoms with Crippen molar-refractivity contribution in [1.82, 2.24) is 0 Å². The second kappa shape index (κ2) is 9.81. The molecule has 0 radical (unpaired) electrons. The summed E-state index contributed by atoms with van der Waals surface area (Å²) in [6, 6.07) is 0. The van der Waals surface area contributed by atoms with Crippen LogP contribution in [0.3, 0.4) is 0 Å². The van der Waals surface area contributed by atoms with Gasteiger partial charge in [0, 0.05) is 0 Å². The quantitative estimate of drug-likeness (QED) is 0.750. The molecule has 21 heavy (non-hydrogen) atoms. The van der Waals surface area contributed by atoms with Crippen molar-refractivity contribution in [2.75, 3.05) is 6.61 Å². The second-order valence-electron chi connectivity index (χ2n) is 6.21. The number of aliphatic hydroxyl groups is 1. The SMILES string of the molecule is CC.CCC1(CC)OCC(CCC2CCCCCC2O)O1. The molecule has 0 aromatic rings. The summed E-state index contributed by atoms with van der Waals surface area (Å²) in [6.45, 7) is 8.98. The van der Waals surface area contributed by atoms with E-state index in [4.69, 9.17) is 9.47 Å². The minimum atomic E-state index is -0.327. The van der Waals surface area contributed by atoms with E-state index in [9.17, 15) is 5.11 Å². The van der Waals surface area contributed by atoms with Gasteiger partial charge in [-0.25, -0.2) is 0 Å². The van der Waals surface area contributed by atoms with Crippen LogP contribution in [0.5, 0.6) is 0 Å². The third kappa shape index (κ3) is 5.54. The largest absolute Gasteiger partial charge is 0.393 e. The van der Waals surface area contributed by atoms with Crippen LogP contribution in [-0.4, -0.2) is 29.7 Å². The highest BCUT2D eigenvalue weighted by atomic mass is 16.7. The van der Waals surface area contributed by atoms with E-state index >= 15 is 0 Å². The van der Waals surface area contributed by atoms with E-state index in [2.05, 4.69) is 13.8 Å². The van der Waals surface area contributed by atoms with Crippen LogP contribution in [0.2, 0.25) is 0 Å². The molecule has 3 unspecified atom stereocenters. The van der Waals surface area contributed by atoms with Gasteiger partial charge in [-0.1, -0.05) is 47.0 Å². The highest BCUT2D eigenvalue weighted by molar-refractivity contribution is 4.79. The van der Waals surface area contributed by atoms with Gasteiger partial charge in [0.25, 0.3) is 0 Å². The fourth-order valence-corrected chi connectivity index (χ4v) is 3.48. The smallest absolute Gasteiger partial charge is 0.168 e. The molecule has 2 aliphatic rings. The molecule has 1 saturated carbocycles. The topological polar surface area (TPSA) is 38.7 Å². The molecule has 1 aliphatic heterocycles. The molecule has 0 bridgehead atoms. The highest BCUT2D eigenvalue weighted by Gasteiger charge is 2.38. The first kappa shape index (κ1) is 18.9. The Morgan fingerprint density at radius 1 is 1.00 bits per heavy atom. The van der Waals surface area contributed by atoms with Gasteiger partial charge < -0.3 is 14.6 Å². The van der Waals surface area contributed by atoms with Crippen molar-refractivity contribution >= 4 is 0 Å². The Kier molecular flexibility index (Phi) is 8.84. The zero-order valence-corrected chi connectivity index (χ0v) is 14.6. The number of aliphatic hydroxyl groups excluding tert-OH is 1. The molecule has 1 aliphatic carbocycles. The lowest BCUT2D eigenvalue weighted by atomic mass is 9.91. The minimum Gasteiger partial charge on any atom is -0.393 e. The van der Waals surface area contributed by atoms with E-state index in [1.54, 1.807) is 0 Å². The van der Waals surface area contributed by atoms with Gasteiger partial charge in [-0.3, -0.25) is 0 Å². The molecule has 126 valence electrons. The average molecular weight is 300 g/mol. The van der Waals surface area contributed by atoms with Crippen LogP contribution in [0.1, 0.15) is 85.5 Å². The Balaban J connectivity index is 0.00000106. The summed E-state index contributed by atoms with van der Waals surface area (Å²) in [5.41, 5.74) is 0. The minimum absolute atomic E-state index is 0.0908. The Morgan fingerprint density at radius 3 is 2.29 bits per heavy atom. The van der Waals surface area contributed by atoms with Gasteiger partial charge in [-0.05, 0) is 44.4 Å². The number of ether oxygens (including phenoxy) is 2. The second-order valence-corrected chi connectivity index (χ2v) is 6.21. The van der Waals surface area contributed by atoms with Crippen LogP contribution in [0.15, 0.2) is 0 Å². The van der Waals surface area contributed by atoms with Crippen molar-refractivity contribution in [1.29, 1.82) is 0 Å². The molecule has 3 atom stereocenters. The van der Waals surface area contributed by atoms with Gasteiger partial charge in [-0.15, -0.1) is 0 Å². The maximum absolute atomic E-state index is 10.1. The van der Waals surface area contributed by atoms with E-state index < -0.39 is 0 Å². The Bertz CT molecular complexity index is 263. The maximum atomic E-state index is 10.1. The van der Waals surface area contributed by atoms with E-state index in [1.165, 1.54) is 25.7 Å². The van der Waals surface area contributed by atoms with Crippen molar-refractivity contribution in [3.8, 4) is 0 Å². The first-order valence-corrected chi connectivity index (χ1v) is 9.19. The van der Waals surface area contributed by atoms with Crippen LogP contribution in [0, 0.1) is 5.92 Å². The van der Waals surface area contributed by atoms with Crippen LogP contribution in [-0.2, 0) is 9.47 Å². The van der Waals surface area contributed by atoms with Crippen molar-refractivity contribution in [3.63, 3.8) is 0 Å². The lowest BCUT2D eigenvalue weighted by Crippen LogP contribution is -2.29. The van der Waals surface area contributed by atoms with E-state index in [0.717, 1.165) is 38.7 Å². The summed E-state index contributed by atoms with van der Waals surface area (Å²) < 4.78 is 12.0.